The Balaban J connectivity index is 1.55. The molecule has 7 nitrogen and oxygen atoms in total. The van der Waals surface area contributed by atoms with Crippen molar-refractivity contribution in [3.05, 3.63) is 89.4 Å². The normalized spacial score (nSPS) is 15.5. The molecule has 0 saturated heterocycles. The van der Waals surface area contributed by atoms with Crippen LogP contribution >= 0.6 is 0 Å². The molecule has 4 rings (SSSR count). The second kappa shape index (κ2) is 8.87. The molecule has 0 bridgehead atoms. The van der Waals surface area contributed by atoms with Crippen LogP contribution in [0.3, 0.4) is 0 Å². The molecule has 2 heterocycles. The number of amides is 1. The molecule has 1 aliphatic rings. The summed E-state index contributed by atoms with van der Waals surface area (Å²) in [6.07, 6.45) is 1.96. The second-order valence-electron chi connectivity index (χ2n) is 7.11. The van der Waals surface area contributed by atoms with Gasteiger partial charge in [0.05, 0.1) is 25.1 Å². The van der Waals surface area contributed by atoms with E-state index in [1.807, 2.05) is 54.6 Å². The Bertz CT molecular complexity index is 1100. The molecule has 0 N–H and O–H groups in total. The summed E-state index contributed by atoms with van der Waals surface area (Å²) in [5, 5.41) is 5.98. The molecule has 1 amide bonds. The van der Waals surface area contributed by atoms with Gasteiger partial charge in [0.1, 0.15) is 17.1 Å². The number of aryl methyl sites for hydroxylation is 1. The van der Waals surface area contributed by atoms with Crippen LogP contribution in [-0.2, 0) is 9.53 Å². The number of benzene rings is 2. The van der Waals surface area contributed by atoms with Crippen molar-refractivity contribution in [2.45, 2.75) is 19.4 Å². The Hall–Kier alpha value is -3.87. The molecule has 0 aliphatic carbocycles. The Morgan fingerprint density at radius 3 is 2.48 bits per heavy atom. The van der Waals surface area contributed by atoms with Gasteiger partial charge in [-0.25, -0.2) is 9.80 Å². The summed E-state index contributed by atoms with van der Waals surface area (Å²) in [5.74, 6) is 0.167. The quantitative estimate of drug-likeness (QED) is 0.562. The van der Waals surface area contributed by atoms with Crippen molar-refractivity contribution in [1.29, 1.82) is 0 Å². The van der Waals surface area contributed by atoms with E-state index in [1.54, 1.807) is 14.0 Å². The molecule has 0 fully saturated rings. The van der Waals surface area contributed by atoms with Gasteiger partial charge >= 0.3 is 5.97 Å². The van der Waals surface area contributed by atoms with Crippen molar-refractivity contribution < 1.29 is 23.5 Å². The molecule has 0 saturated carbocycles. The number of esters is 1. The van der Waals surface area contributed by atoms with Gasteiger partial charge in [-0.15, -0.1) is 0 Å². The van der Waals surface area contributed by atoms with Crippen LogP contribution in [-0.4, -0.2) is 36.3 Å². The maximum absolute atomic E-state index is 13.0. The van der Waals surface area contributed by atoms with Crippen LogP contribution in [0.1, 0.15) is 39.7 Å². The highest BCUT2D eigenvalue weighted by Crippen LogP contribution is 2.33. The average Bonchev–Trinajstić information content (AvgIpc) is 3.45. The molecular formula is C24H22N2O5. The summed E-state index contributed by atoms with van der Waals surface area (Å²) in [4.78, 5) is 25.2. The van der Waals surface area contributed by atoms with Gasteiger partial charge < -0.3 is 13.9 Å². The fourth-order valence-corrected chi connectivity index (χ4v) is 3.50. The largest absolute Gasteiger partial charge is 0.497 e. The predicted molar refractivity (Wildman–Crippen MR) is 114 cm³/mol. The van der Waals surface area contributed by atoms with E-state index in [4.69, 9.17) is 13.9 Å². The maximum atomic E-state index is 13.0. The van der Waals surface area contributed by atoms with Crippen molar-refractivity contribution in [2.75, 3.05) is 13.7 Å². The number of methoxy groups -OCH3 is 1. The molecule has 1 atom stereocenters. The number of nitrogens with zero attached hydrogens (tertiary/aromatic N) is 2. The van der Waals surface area contributed by atoms with Gasteiger partial charge in [0.25, 0.3) is 5.91 Å². The molecule has 0 unspecified atom stereocenters. The molecule has 0 spiro atoms. The number of furan rings is 1. The van der Waals surface area contributed by atoms with Crippen LogP contribution in [0.25, 0.3) is 0 Å². The highest BCUT2D eigenvalue weighted by atomic mass is 16.5. The molecule has 3 aromatic rings. The predicted octanol–water partition coefficient (Wildman–Crippen LogP) is 4.13. The van der Waals surface area contributed by atoms with Gasteiger partial charge in [-0.05, 0) is 36.2 Å². The van der Waals surface area contributed by atoms with Gasteiger partial charge in [-0.3, -0.25) is 4.79 Å². The van der Waals surface area contributed by atoms with Gasteiger partial charge in [-0.2, -0.15) is 5.10 Å². The first-order chi connectivity index (χ1) is 15.1. The third kappa shape index (κ3) is 4.35. The van der Waals surface area contributed by atoms with Gasteiger partial charge in [0.15, 0.2) is 6.61 Å². The van der Waals surface area contributed by atoms with Crippen LogP contribution in [0, 0.1) is 6.92 Å². The van der Waals surface area contributed by atoms with Crippen LogP contribution in [0.4, 0.5) is 0 Å². The summed E-state index contributed by atoms with van der Waals surface area (Å²) in [7, 11) is 1.60. The molecular weight excluding hydrogens is 396 g/mol. The molecule has 158 valence electrons. The maximum Gasteiger partial charge on any atom is 0.342 e. The monoisotopic (exact) mass is 418 g/mol. The lowest BCUT2D eigenvalue weighted by atomic mass is 9.98. The summed E-state index contributed by atoms with van der Waals surface area (Å²) in [6, 6.07) is 18.4. The lowest BCUT2D eigenvalue weighted by molar-refractivity contribution is -0.136. The molecule has 7 heteroatoms. The van der Waals surface area contributed by atoms with Crippen molar-refractivity contribution in [2.24, 2.45) is 5.10 Å². The van der Waals surface area contributed by atoms with Crippen LogP contribution in [0.15, 0.2) is 76.4 Å². The van der Waals surface area contributed by atoms with E-state index in [0.717, 1.165) is 22.6 Å². The first kappa shape index (κ1) is 20.4. The standard InChI is InChI=1S/C24H22N2O5/c1-16-20(12-13-30-16)24(28)31-15-23(27)26-22(18-8-10-19(29-2)11-9-18)14-21(25-26)17-6-4-3-5-7-17/h3-13,22H,14-15H2,1-2H3/t22-/m1/s1. The summed E-state index contributed by atoms with van der Waals surface area (Å²) in [6.45, 7) is 1.25. The van der Waals surface area contributed by atoms with Crippen molar-refractivity contribution in [1.82, 2.24) is 5.01 Å². The molecule has 1 aromatic heterocycles. The molecule has 31 heavy (non-hydrogen) atoms. The number of ether oxygens (including phenoxy) is 2. The van der Waals surface area contributed by atoms with Crippen LogP contribution in [0.5, 0.6) is 5.75 Å². The molecule has 0 radical (unpaired) electrons. The topological polar surface area (TPSA) is 81.3 Å². The lowest BCUT2D eigenvalue weighted by Crippen LogP contribution is -2.31. The van der Waals surface area contributed by atoms with Crippen molar-refractivity contribution in [3.8, 4) is 5.75 Å². The summed E-state index contributed by atoms with van der Waals surface area (Å²) in [5.41, 5.74) is 2.96. The highest BCUT2D eigenvalue weighted by molar-refractivity contribution is 6.03. The van der Waals surface area contributed by atoms with E-state index < -0.39 is 18.5 Å². The summed E-state index contributed by atoms with van der Waals surface area (Å²) >= 11 is 0. The molecule has 2 aromatic carbocycles. The van der Waals surface area contributed by atoms with E-state index in [2.05, 4.69) is 5.10 Å². The first-order valence-corrected chi connectivity index (χ1v) is 9.87. The number of hydrogen-bond acceptors (Lipinski definition) is 6. The summed E-state index contributed by atoms with van der Waals surface area (Å²) < 4.78 is 15.6. The van der Waals surface area contributed by atoms with Gasteiger partial charge in [0.2, 0.25) is 0 Å². The SMILES string of the molecule is COc1ccc([C@H]2CC(c3ccccc3)=NN2C(=O)COC(=O)c2ccoc2C)cc1. The number of hydrazone groups is 1. The van der Waals surface area contributed by atoms with E-state index in [9.17, 15) is 9.59 Å². The average molecular weight is 418 g/mol. The number of hydrogen-bond donors (Lipinski definition) is 0. The molecule has 1 aliphatic heterocycles. The van der Waals surface area contributed by atoms with E-state index in [-0.39, 0.29) is 6.04 Å². The first-order valence-electron chi connectivity index (χ1n) is 9.87. The minimum Gasteiger partial charge on any atom is -0.497 e. The fraction of sp³-hybridized carbons (Fsp3) is 0.208. The fourth-order valence-electron chi connectivity index (χ4n) is 3.50. The Kier molecular flexibility index (Phi) is 5.84. The Labute approximate surface area is 179 Å². The smallest absolute Gasteiger partial charge is 0.342 e. The minimum absolute atomic E-state index is 0.300. The Morgan fingerprint density at radius 2 is 1.84 bits per heavy atom. The zero-order valence-corrected chi connectivity index (χ0v) is 17.3. The third-order valence-corrected chi connectivity index (χ3v) is 5.18. The van der Waals surface area contributed by atoms with Crippen molar-refractivity contribution in [3.63, 3.8) is 0 Å². The van der Waals surface area contributed by atoms with Crippen LogP contribution < -0.4 is 4.74 Å². The Morgan fingerprint density at radius 1 is 1.10 bits per heavy atom. The number of carbonyl (C=O) groups excluding carboxylic acids is 2. The number of rotatable bonds is 6. The van der Waals surface area contributed by atoms with E-state index >= 15 is 0 Å². The third-order valence-electron chi connectivity index (χ3n) is 5.18. The zero-order chi connectivity index (χ0) is 21.8. The van der Waals surface area contributed by atoms with Crippen molar-refractivity contribution >= 4 is 17.6 Å². The van der Waals surface area contributed by atoms with E-state index in [1.165, 1.54) is 17.3 Å². The van der Waals surface area contributed by atoms with Crippen LogP contribution in [0.2, 0.25) is 0 Å². The second-order valence-corrected chi connectivity index (χ2v) is 7.11. The lowest BCUT2D eigenvalue weighted by Gasteiger charge is -2.22. The van der Waals surface area contributed by atoms with Gasteiger partial charge in [-0.1, -0.05) is 42.5 Å². The van der Waals surface area contributed by atoms with Gasteiger partial charge in [0, 0.05) is 6.42 Å². The number of carbonyl (C=O) groups is 2. The minimum atomic E-state index is -0.605. The van der Waals surface area contributed by atoms with E-state index in [0.29, 0.717) is 17.7 Å². The highest BCUT2D eigenvalue weighted by Gasteiger charge is 2.33. The zero-order valence-electron chi connectivity index (χ0n) is 17.3.